The van der Waals surface area contributed by atoms with Crippen LogP contribution in [0.25, 0.3) is 0 Å². The molecule has 0 amide bonds. The van der Waals surface area contributed by atoms with E-state index in [1.165, 1.54) is 24.5 Å². The third kappa shape index (κ3) is 1.87. The van der Waals surface area contributed by atoms with E-state index in [0.717, 1.165) is 36.0 Å². The summed E-state index contributed by atoms with van der Waals surface area (Å²) in [5, 5.41) is 2.23. The largest absolute Gasteiger partial charge is 0.334 e. The zero-order valence-electron chi connectivity index (χ0n) is 10.0. The maximum Gasteiger partial charge on any atom is 0.125 e. The number of fused-ring (bicyclic) bond motifs is 2. The molecule has 0 saturated carbocycles. The first-order valence-electron chi connectivity index (χ1n) is 6.35. The van der Waals surface area contributed by atoms with Gasteiger partial charge in [-0.1, -0.05) is 0 Å². The Balaban J connectivity index is 1.45. The Bertz CT molecular complexity index is 492. The van der Waals surface area contributed by atoms with Crippen LogP contribution in [0.15, 0.2) is 22.4 Å². The second-order valence-electron chi connectivity index (χ2n) is 4.75. The lowest BCUT2D eigenvalue weighted by atomic mass is 10.4. The van der Waals surface area contributed by atoms with Gasteiger partial charge in [0, 0.05) is 38.3 Å². The van der Waals surface area contributed by atoms with Crippen molar-refractivity contribution in [3.05, 3.63) is 24.0 Å². The van der Waals surface area contributed by atoms with Crippen molar-refractivity contribution < 1.29 is 0 Å². The molecule has 4 heterocycles. The predicted octanol–water partition coefficient (Wildman–Crippen LogP) is 2.77. The normalized spacial score (nSPS) is 17.1. The van der Waals surface area contributed by atoms with Crippen LogP contribution in [0, 0.1) is 0 Å². The van der Waals surface area contributed by atoms with Gasteiger partial charge in [-0.3, -0.25) is 0 Å². The Labute approximate surface area is 114 Å². The molecule has 94 valence electrons. The lowest BCUT2D eigenvalue weighted by Crippen LogP contribution is -1.87. The fourth-order valence-corrected chi connectivity index (χ4v) is 4.41. The fourth-order valence-electron chi connectivity index (χ4n) is 2.62. The van der Waals surface area contributed by atoms with Gasteiger partial charge in [0.1, 0.15) is 21.7 Å². The zero-order chi connectivity index (χ0) is 11.9. The molecule has 0 radical (unpaired) electrons. The Hall–Kier alpha value is -0.880. The van der Waals surface area contributed by atoms with Gasteiger partial charge in [0.2, 0.25) is 0 Å². The minimum absolute atomic E-state index is 1.11. The van der Waals surface area contributed by atoms with E-state index in [-0.39, 0.29) is 0 Å². The molecule has 4 rings (SSSR count). The molecule has 0 aromatic carbocycles. The first kappa shape index (κ1) is 11.0. The van der Waals surface area contributed by atoms with E-state index in [4.69, 9.17) is 0 Å². The van der Waals surface area contributed by atoms with Gasteiger partial charge in [-0.2, -0.15) is 0 Å². The lowest BCUT2D eigenvalue weighted by Gasteiger charge is -1.94. The van der Waals surface area contributed by atoms with Crippen LogP contribution < -0.4 is 0 Å². The average Bonchev–Trinajstić information content (AvgIpc) is 3.04. The molecule has 0 unspecified atom stereocenters. The number of aryl methyl sites for hydroxylation is 4. The van der Waals surface area contributed by atoms with Crippen LogP contribution in [-0.4, -0.2) is 19.1 Å². The summed E-state index contributed by atoms with van der Waals surface area (Å²) in [5.41, 5.74) is 0. The summed E-state index contributed by atoms with van der Waals surface area (Å²) in [4.78, 5) is 9.28. The third-order valence-corrected chi connectivity index (χ3v) is 5.58. The van der Waals surface area contributed by atoms with E-state index in [0.29, 0.717) is 0 Å². The SMILES string of the molecule is c1c(SSc2cn3c(n2)CCC3)nc2n1CCC2. The molecule has 6 heteroatoms. The lowest BCUT2D eigenvalue weighted by molar-refractivity contribution is 0.745. The third-order valence-electron chi connectivity index (χ3n) is 3.49. The number of imidazole rings is 2. The molecule has 0 fully saturated rings. The van der Waals surface area contributed by atoms with Crippen molar-refractivity contribution >= 4 is 21.6 Å². The number of hydrogen-bond acceptors (Lipinski definition) is 4. The number of aromatic nitrogens is 4. The summed E-state index contributed by atoms with van der Waals surface area (Å²) >= 11 is 0. The van der Waals surface area contributed by atoms with Crippen LogP contribution in [0.1, 0.15) is 24.5 Å². The van der Waals surface area contributed by atoms with Crippen molar-refractivity contribution in [1.29, 1.82) is 0 Å². The molecule has 2 aliphatic heterocycles. The first-order chi connectivity index (χ1) is 8.88. The Morgan fingerprint density at radius 1 is 0.833 bits per heavy atom. The zero-order valence-corrected chi connectivity index (χ0v) is 11.6. The van der Waals surface area contributed by atoms with Crippen molar-refractivity contribution in [1.82, 2.24) is 19.1 Å². The van der Waals surface area contributed by atoms with Crippen molar-refractivity contribution in [3.8, 4) is 0 Å². The summed E-state index contributed by atoms with van der Waals surface area (Å²) < 4.78 is 4.55. The van der Waals surface area contributed by atoms with Gasteiger partial charge in [-0.15, -0.1) is 0 Å². The monoisotopic (exact) mass is 278 g/mol. The first-order valence-corrected chi connectivity index (χ1v) is 8.50. The molecule has 2 aromatic heterocycles. The fraction of sp³-hybridized carbons (Fsp3) is 0.500. The van der Waals surface area contributed by atoms with Crippen LogP contribution in [0.3, 0.4) is 0 Å². The van der Waals surface area contributed by atoms with Crippen molar-refractivity contribution in [2.75, 3.05) is 0 Å². The summed E-state index contributed by atoms with van der Waals surface area (Å²) in [6.45, 7) is 2.26. The smallest absolute Gasteiger partial charge is 0.125 e. The second-order valence-corrected chi connectivity index (χ2v) is 6.92. The molecule has 0 bridgehead atoms. The van der Waals surface area contributed by atoms with E-state index >= 15 is 0 Å². The molecule has 0 N–H and O–H groups in total. The minimum Gasteiger partial charge on any atom is -0.334 e. The molecule has 4 nitrogen and oxygen atoms in total. The van der Waals surface area contributed by atoms with Gasteiger partial charge in [-0.05, 0) is 34.4 Å². The Morgan fingerprint density at radius 2 is 1.33 bits per heavy atom. The topological polar surface area (TPSA) is 35.6 Å². The van der Waals surface area contributed by atoms with Gasteiger partial charge in [0.15, 0.2) is 0 Å². The van der Waals surface area contributed by atoms with Crippen molar-refractivity contribution in [2.24, 2.45) is 0 Å². The summed E-state index contributed by atoms with van der Waals surface area (Å²) in [5.74, 6) is 2.48. The standard InChI is InChI=1S/C12H14N4S2/c1-3-9-13-11(7-15(9)5-1)17-18-12-8-16-6-2-4-10(16)14-12/h7-8H,1-6H2. The molecular formula is C12H14N4S2. The second kappa shape index (κ2) is 4.35. The van der Waals surface area contributed by atoms with Gasteiger partial charge >= 0.3 is 0 Å². The van der Waals surface area contributed by atoms with Gasteiger partial charge in [0.25, 0.3) is 0 Å². The van der Waals surface area contributed by atoms with Crippen LogP contribution >= 0.6 is 21.6 Å². The van der Waals surface area contributed by atoms with Gasteiger partial charge < -0.3 is 9.13 Å². The highest BCUT2D eigenvalue weighted by molar-refractivity contribution is 8.76. The highest BCUT2D eigenvalue weighted by atomic mass is 33.1. The van der Waals surface area contributed by atoms with Crippen LogP contribution in [0.2, 0.25) is 0 Å². The van der Waals surface area contributed by atoms with Crippen LogP contribution in [0.4, 0.5) is 0 Å². The maximum absolute atomic E-state index is 4.64. The quantitative estimate of drug-likeness (QED) is 0.809. The molecule has 0 saturated heterocycles. The predicted molar refractivity (Wildman–Crippen MR) is 72.8 cm³/mol. The number of nitrogens with zero attached hydrogens (tertiary/aromatic N) is 4. The molecule has 18 heavy (non-hydrogen) atoms. The molecular weight excluding hydrogens is 264 g/mol. The average molecular weight is 278 g/mol. The molecule has 0 spiro atoms. The molecule has 2 aliphatic rings. The van der Waals surface area contributed by atoms with Crippen LogP contribution in [-0.2, 0) is 25.9 Å². The van der Waals surface area contributed by atoms with Gasteiger partial charge in [-0.25, -0.2) is 9.97 Å². The summed E-state index contributed by atoms with van der Waals surface area (Å²) in [7, 11) is 3.45. The molecule has 0 aliphatic carbocycles. The highest BCUT2D eigenvalue weighted by Crippen LogP contribution is 2.37. The number of hydrogen-bond donors (Lipinski definition) is 0. The number of rotatable bonds is 3. The molecule has 0 atom stereocenters. The van der Waals surface area contributed by atoms with E-state index in [9.17, 15) is 0 Å². The summed E-state index contributed by atoms with van der Waals surface area (Å²) in [6, 6.07) is 0. The van der Waals surface area contributed by atoms with E-state index in [1.807, 2.05) is 0 Å². The Kier molecular flexibility index (Phi) is 2.65. The summed E-state index contributed by atoms with van der Waals surface area (Å²) in [6.07, 6.45) is 9.09. The van der Waals surface area contributed by atoms with E-state index < -0.39 is 0 Å². The van der Waals surface area contributed by atoms with Gasteiger partial charge in [0.05, 0.1) is 0 Å². The highest BCUT2D eigenvalue weighted by Gasteiger charge is 2.16. The van der Waals surface area contributed by atoms with E-state index in [2.05, 4.69) is 31.5 Å². The van der Waals surface area contributed by atoms with E-state index in [1.54, 1.807) is 21.6 Å². The maximum atomic E-state index is 4.64. The molecule has 2 aromatic rings. The van der Waals surface area contributed by atoms with Crippen LogP contribution in [0.5, 0.6) is 0 Å². The minimum atomic E-state index is 1.11. The van der Waals surface area contributed by atoms with Crippen molar-refractivity contribution in [2.45, 2.75) is 48.8 Å². The Morgan fingerprint density at radius 3 is 1.78 bits per heavy atom. The van der Waals surface area contributed by atoms with Crippen molar-refractivity contribution in [3.63, 3.8) is 0 Å².